The largest absolute Gasteiger partial charge is 0.450 e. The molecule has 0 aliphatic heterocycles. The van der Waals surface area contributed by atoms with E-state index in [4.69, 9.17) is 9.31 Å². The molecule has 19 heavy (non-hydrogen) atoms. The first-order chi connectivity index (χ1) is 8.92. The van der Waals surface area contributed by atoms with Gasteiger partial charge in [0.05, 0.1) is 0 Å². The average molecular weight is 268 g/mol. The monoisotopic (exact) mass is 268 g/mol. The van der Waals surface area contributed by atoms with Crippen LogP contribution in [0.4, 0.5) is 0 Å². The minimum atomic E-state index is -0.426. The summed E-state index contributed by atoms with van der Waals surface area (Å²) in [5, 5.41) is 10.00. The van der Waals surface area contributed by atoms with Crippen molar-refractivity contribution in [2.75, 3.05) is 13.2 Å². The number of Topliss-reactive ketones (excluding diaryl/α,β-unsaturated/α-hetero) is 1. The molecule has 0 bridgehead atoms. The summed E-state index contributed by atoms with van der Waals surface area (Å²) in [6.07, 6.45) is 2.34. The molecule has 0 aliphatic carbocycles. The molecule has 1 N–H and O–H groups in total. The zero-order chi connectivity index (χ0) is 14.8. The lowest BCUT2D eigenvalue weighted by molar-refractivity contribution is -0.118. The second kappa shape index (κ2) is 10.5. The lowest BCUT2D eigenvalue weighted by Crippen LogP contribution is -2.30. The maximum atomic E-state index is 11.4. The third kappa shape index (κ3) is 8.50. The lowest BCUT2D eigenvalue weighted by Gasteiger charge is -2.29. The first kappa shape index (κ1) is 18.7. The molecule has 0 radical (unpaired) electrons. The zero-order valence-electron chi connectivity index (χ0n) is 13.0. The lowest BCUT2D eigenvalue weighted by atomic mass is 9.51. The molecule has 4 nitrogen and oxygen atoms in total. The van der Waals surface area contributed by atoms with Gasteiger partial charge in [0.2, 0.25) is 0 Å². The molecule has 3 unspecified atom stereocenters. The highest BCUT2D eigenvalue weighted by Crippen LogP contribution is 2.32. The van der Waals surface area contributed by atoms with Gasteiger partial charge in [0.1, 0.15) is 5.78 Å². The van der Waals surface area contributed by atoms with Crippen LogP contribution in [0.5, 0.6) is 0 Å². The van der Waals surface area contributed by atoms with Gasteiger partial charge in [-0.05, 0) is 31.0 Å². The summed E-state index contributed by atoms with van der Waals surface area (Å²) < 4.78 is 10.3. The molecule has 7 heteroatoms. The molecule has 0 aromatic carbocycles. The van der Waals surface area contributed by atoms with Gasteiger partial charge in [0, 0.05) is 19.6 Å². The summed E-state index contributed by atoms with van der Waals surface area (Å²) >= 11 is 0. The Kier molecular flexibility index (Phi) is 10.4. The van der Waals surface area contributed by atoms with Crippen molar-refractivity contribution in [2.24, 2.45) is 11.8 Å². The highest BCUT2D eigenvalue weighted by molar-refractivity contribution is 6.50. The summed E-state index contributed by atoms with van der Waals surface area (Å²) in [5.41, 5.74) is 0. The fourth-order valence-corrected chi connectivity index (χ4v) is 2.60. The van der Waals surface area contributed by atoms with Crippen LogP contribution in [0.2, 0.25) is 12.6 Å². The van der Waals surface area contributed by atoms with Crippen LogP contribution < -0.4 is 0 Å². The quantitative estimate of drug-likeness (QED) is 0.540. The molecular weight excluding hydrogens is 241 g/mol. The van der Waals surface area contributed by atoms with E-state index >= 15 is 0 Å². The van der Waals surface area contributed by atoms with Gasteiger partial charge >= 0.3 is 0 Å². The Morgan fingerprint density at radius 2 is 2.00 bits per heavy atom. The zero-order valence-corrected chi connectivity index (χ0v) is 13.0. The van der Waals surface area contributed by atoms with Crippen LogP contribution in [0.15, 0.2) is 0 Å². The van der Waals surface area contributed by atoms with E-state index in [1.807, 2.05) is 0 Å². The molecule has 0 aromatic heterocycles. The van der Waals surface area contributed by atoms with Gasteiger partial charge < -0.3 is 19.1 Å². The molecule has 0 saturated carbocycles. The van der Waals surface area contributed by atoms with Crippen molar-refractivity contribution in [3.8, 4) is 0 Å². The number of ketones is 1. The van der Waals surface area contributed by atoms with Gasteiger partial charge in [-0.25, -0.2) is 0 Å². The predicted molar refractivity (Wildman–Crippen MR) is 83.8 cm³/mol. The molecule has 108 valence electrons. The van der Waals surface area contributed by atoms with E-state index in [2.05, 4.69) is 6.92 Å². The Morgan fingerprint density at radius 1 is 1.37 bits per heavy atom. The summed E-state index contributed by atoms with van der Waals surface area (Å²) in [7, 11) is 3.34. The molecule has 3 atom stereocenters. The summed E-state index contributed by atoms with van der Waals surface area (Å²) in [4.78, 5) is 11.4. The van der Waals surface area contributed by atoms with Crippen molar-refractivity contribution >= 4 is 28.8 Å². The van der Waals surface area contributed by atoms with Crippen molar-refractivity contribution in [2.45, 2.75) is 45.8 Å². The van der Waals surface area contributed by atoms with Crippen molar-refractivity contribution in [3.05, 3.63) is 0 Å². The van der Waals surface area contributed by atoms with Gasteiger partial charge in [-0.1, -0.05) is 20.2 Å². The first-order valence-corrected chi connectivity index (χ1v) is 7.07. The highest BCUT2D eigenvalue weighted by Gasteiger charge is 2.30. The second-order valence-electron chi connectivity index (χ2n) is 5.65. The Balaban J connectivity index is 4.59. The highest BCUT2D eigenvalue weighted by atomic mass is 16.4. The fourth-order valence-electron chi connectivity index (χ4n) is 2.60. The molecule has 0 aliphatic rings. The van der Waals surface area contributed by atoms with E-state index in [0.29, 0.717) is 18.9 Å². The Hall–Kier alpha value is -0.255. The molecule has 0 spiro atoms. The van der Waals surface area contributed by atoms with Crippen LogP contribution in [0, 0.1) is 11.8 Å². The standard InChI is InChI=1S/C12H27B3O4/c1-9(4-5-18-13)6-12(15(3)17)11(8-19-14)7-10(2)16/h9,11-12,17H,4-8,13-14H2,1-3H3. The van der Waals surface area contributed by atoms with E-state index in [1.54, 1.807) is 29.8 Å². The number of carbonyl (C=O) groups is 1. The van der Waals surface area contributed by atoms with Crippen LogP contribution >= 0.6 is 0 Å². The van der Waals surface area contributed by atoms with Gasteiger partial charge in [0.25, 0.3) is 23.0 Å². The number of rotatable bonds is 11. The van der Waals surface area contributed by atoms with Crippen LogP contribution in [0.3, 0.4) is 0 Å². The van der Waals surface area contributed by atoms with Gasteiger partial charge in [0.15, 0.2) is 0 Å². The third-order valence-corrected chi connectivity index (χ3v) is 3.64. The normalized spacial score (nSPS) is 15.8. The van der Waals surface area contributed by atoms with Crippen molar-refractivity contribution < 1.29 is 19.1 Å². The number of hydrogen-bond donors (Lipinski definition) is 1. The number of hydrogen-bond acceptors (Lipinski definition) is 4. The Labute approximate surface area is 119 Å². The van der Waals surface area contributed by atoms with E-state index in [9.17, 15) is 9.82 Å². The average Bonchev–Trinajstić information content (AvgIpc) is 2.32. The Bertz CT molecular complexity index is 251. The molecular formula is C12H27B3O4. The molecule has 0 rings (SSSR count). The smallest absolute Gasteiger partial charge is 0.289 e. The SMILES string of the molecule is BOCCC(C)CC(B(C)O)C(COB)CC(C)=O. The molecule has 0 aromatic rings. The first-order valence-electron chi connectivity index (χ1n) is 7.07. The van der Waals surface area contributed by atoms with E-state index in [0.717, 1.165) is 19.4 Å². The summed E-state index contributed by atoms with van der Waals surface area (Å²) in [6, 6.07) is 0. The molecule has 0 heterocycles. The maximum absolute atomic E-state index is 11.4. The van der Waals surface area contributed by atoms with Crippen LogP contribution in [0.25, 0.3) is 0 Å². The van der Waals surface area contributed by atoms with Crippen molar-refractivity contribution in [1.29, 1.82) is 0 Å². The van der Waals surface area contributed by atoms with Crippen molar-refractivity contribution in [3.63, 3.8) is 0 Å². The third-order valence-electron chi connectivity index (χ3n) is 3.64. The van der Waals surface area contributed by atoms with E-state index in [1.165, 1.54) is 0 Å². The minimum Gasteiger partial charge on any atom is -0.450 e. The van der Waals surface area contributed by atoms with Crippen molar-refractivity contribution in [1.82, 2.24) is 0 Å². The topological polar surface area (TPSA) is 55.8 Å². The maximum Gasteiger partial charge on any atom is 0.289 e. The fraction of sp³-hybridized carbons (Fsp3) is 0.917. The summed E-state index contributed by atoms with van der Waals surface area (Å²) in [5.74, 6) is 0.798. The molecule has 0 fully saturated rings. The van der Waals surface area contributed by atoms with Crippen LogP contribution in [-0.2, 0) is 14.1 Å². The van der Waals surface area contributed by atoms with Crippen LogP contribution in [-0.4, -0.2) is 47.0 Å². The van der Waals surface area contributed by atoms with Gasteiger partial charge in [-0.3, -0.25) is 0 Å². The van der Waals surface area contributed by atoms with Crippen LogP contribution in [0.1, 0.15) is 33.1 Å². The predicted octanol–water partition coefficient (Wildman–Crippen LogP) is 0.111. The number of carbonyl (C=O) groups excluding carboxylic acids is 1. The molecule has 0 amide bonds. The minimum absolute atomic E-state index is 0.0903. The molecule has 0 saturated heterocycles. The van der Waals surface area contributed by atoms with Gasteiger partial charge in [-0.2, -0.15) is 0 Å². The van der Waals surface area contributed by atoms with E-state index in [-0.39, 0.29) is 17.5 Å². The summed E-state index contributed by atoms with van der Waals surface area (Å²) in [6.45, 7) is 6.38. The van der Waals surface area contributed by atoms with Gasteiger partial charge in [-0.15, -0.1) is 0 Å². The van der Waals surface area contributed by atoms with E-state index < -0.39 is 6.92 Å². The second-order valence-corrected chi connectivity index (χ2v) is 5.65. The Morgan fingerprint density at radius 3 is 2.42 bits per heavy atom.